The number of carbonyl (C=O) groups excluding carboxylic acids is 3. The minimum Gasteiger partial charge on any atom is -0.357 e. The van der Waals surface area contributed by atoms with E-state index >= 15 is 0 Å². The molecule has 0 heterocycles. The minimum atomic E-state index is -1.48. The van der Waals surface area contributed by atoms with Crippen molar-refractivity contribution in [3.05, 3.63) is 65.8 Å². The van der Waals surface area contributed by atoms with Crippen molar-refractivity contribution in [2.24, 2.45) is 0 Å². The molecule has 7 heteroatoms. The van der Waals surface area contributed by atoms with E-state index in [0.717, 1.165) is 22.5 Å². The van der Waals surface area contributed by atoms with Crippen LogP contribution in [0, 0.1) is 0 Å². The first-order valence-corrected chi connectivity index (χ1v) is 8.56. The van der Waals surface area contributed by atoms with E-state index in [1.807, 2.05) is 36.4 Å². The Morgan fingerprint density at radius 1 is 1.04 bits per heavy atom. The van der Waals surface area contributed by atoms with Gasteiger partial charge in [-0.3, -0.25) is 19.6 Å². The predicted octanol–water partition coefficient (Wildman–Crippen LogP) is 1.42. The first-order valence-electron chi connectivity index (χ1n) is 8.56. The van der Waals surface area contributed by atoms with Gasteiger partial charge < -0.3 is 10.2 Å². The number of amides is 3. The fraction of sp³-hybridized carbons (Fsp3) is 0.250. The molecule has 3 amide bonds. The number of carbonyl (C=O) groups is 3. The highest BCUT2D eigenvalue weighted by Gasteiger charge is 2.33. The second-order valence-electron chi connectivity index (χ2n) is 6.00. The highest BCUT2D eigenvalue weighted by Crippen LogP contribution is 2.21. The van der Waals surface area contributed by atoms with Gasteiger partial charge >= 0.3 is 0 Å². The van der Waals surface area contributed by atoms with Crippen LogP contribution in [0.1, 0.15) is 18.4 Å². The molecule has 0 aromatic heterocycles. The third-order valence-corrected chi connectivity index (χ3v) is 4.25. The molecule has 3 N–H and O–H groups in total. The van der Waals surface area contributed by atoms with Crippen LogP contribution >= 0.6 is 0 Å². The highest BCUT2D eigenvalue weighted by atomic mass is 16.5. The van der Waals surface area contributed by atoms with Crippen molar-refractivity contribution in [3.63, 3.8) is 0 Å². The smallest absolute Gasteiger partial charge is 0.275 e. The first-order chi connectivity index (χ1) is 13.0. The topological polar surface area (TPSA) is 98.7 Å². The molecule has 0 bridgehead atoms. The maximum Gasteiger partial charge on any atom is 0.275 e. The van der Waals surface area contributed by atoms with Crippen LogP contribution in [0.25, 0.3) is 5.57 Å². The van der Waals surface area contributed by atoms with E-state index in [0.29, 0.717) is 12.0 Å². The quantitative estimate of drug-likeness (QED) is 0.415. The Kier molecular flexibility index (Phi) is 7.08. The van der Waals surface area contributed by atoms with Crippen molar-refractivity contribution in [1.29, 1.82) is 0 Å². The summed E-state index contributed by atoms with van der Waals surface area (Å²) < 4.78 is 0. The van der Waals surface area contributed by atoms with Gasteiger partial charge in [-0.25, -0.2) is 5.48 Å². The third-order valence-electron chi connectivity index (χ3n) is 4.25. The maximum absolute atomic E-state index is 12.8. The van der Waals surface area contributed by atoms with Gasteiger partial charge in [-0.1, -0.05) is 48.6 Å². The average Bonchev–Trinajstić information content (AvgIpc) is 2.68. The van der Waals surface area contributed by atoms with Crippen molar-refractivity contribution in [2.75, 3.05) is 14.1 Å². The number of allylic oxidation sites excluding steroid dienone is 4. The van der Waals surface area contributed by atoms with E-state index < -0.39 is 23.8 Å². The second kappa shape index (κ2) is 9.49. The highest BCUT2D eigenvalue weighted by molar-refractivity contribution is 6.09. The molecule has 0 fully saturated rings. The molecule has 0 aliphatic heterocycles. The van der Waals surface area contributed by atoms with Gasteiger partial charge in [0.1, 0.15) is 0 Å². The number of likely N-dealkylation sites (N-methyl/N-ethyl adjacent to an activating group) is 2. The van der Waals surface area contributed by atoms with Gasteiger partial charge in [0.2, 0.25) is 0 Å². The number of hydroxylamine groups is 1. The fourth-order valence-corrected chi connectivity index (χ4v) is 2.79. The van der Waals surface area contributed by atoms with Crippen LogP contribution < -0.4 is 10.8 Å². The summed E-state index contributed by atoms with van der Waals surface area (Å²) in [6.45, 7) is 0. The minimum absolute atomic E-state index is 0.374. The standard InChI is InChI=1S/C20H23N3O4/c1-21-18(24)17(19(25)22-27)23(2)20(26)16-11-7-6-10-15(12-13-16)14-8-4-3-5-9-14/h3-5,8-13,17,27H,6-7H2,1-2H3,(H,21,24)(H,22,25)/b13-12?,15-10-,16-11?. The predicted molar refractivity (Wildman–Crippen MR) is 101 cm³/mol. The molecular weight excluding hydrogens is 346 g/mol. The Balaban J connectivity index is 2.25. The molecule has 27 heavy (non-hydrogen) atoms. The SMILES string of the molecule is CNC(=O)C(C(=O)NO)N(C)C(=O)C1=CCC/C=C(\c2ccccc2)C=C1. The van der Waals surface area contributed by atoms with E-state index in [-0.39, 0.29) is 0 Å². The second-order valence-corrected chi connectivity index (χ2v) is 6.00. The molecule has 1 aromatic rings. The molecule has 1 unspecified atom stereocenters. The van der Waals surface area contributed by atoms with Gasteiger partial charge in [-0.2, -0.15) is 0 Å². The Hall–Kier alpha value is -3.19. The summed E-state index contributed by atoms with van der Waals surface area (Å²) in [6, 6.07) is 8.33. The van der Waals surface area contributed by atoms with E-state index in [1.54, 1.807) is 12.2 Å². The molecule has 7 nitrogen and oxygen atoms in total. The molecule has 0 radical (unpaired) electrons. The normalized spacial score (nSPS) is 16.7. The molecule has 1 aliphatic carbocycles. The van der Waals surface area contributed by atoms with Gasteiger partial charge in [-0.05, 0) is 30.1 Å². The van der Waals surface area contributed by atoms with E-state index in [1.165, 1.54) is 19.6 Å². The lowest BCUT2D eigenvalue weighted by atomic mass is 9.99. The molecule has 142 valence electrons. The Labute approximate surface area is 158 Å². The lowest BCUT2D eigenvalue weighted by Gasteiger charge is -2.25. The number of hydrogen-bond acceptors (Lipinski definition) is 4. The van der Waals surface area contributed by atoms with Crippen molar-refractivity contribution in [1.82, 2.24) is 15.7 Å². The molecule has 0 saturated heterocycles. The van der Waals surface area contributed by atoms with Gasteiger partial charge in [0.05, 0.1) is 0 Å². The Morgan fingerprint density at radius 3 is 2.33 bits per heavy atom. The zero-order valence-corrected chi connectivity index (χ0v) is 15.3. The number of hydrogen-bond donors (Lipinski definition) is 3. The molecule has 1 aliphatic rings. The summed E-state index contributed by atoms with van der Waals surface area (Å²) in [6.07, 6.45) is 8.78. The van der Waals surface area contributed by atoms with E-state index in [4.69, 9.17) is 5.21 Å². The van der Waals surface area contributed by atoms with Crippen LogP contribution in [-0.2, 0) is 14.4 Å². The van der Waals surface area contributed by atoms with Gasteiger partial charge in [-0.15, -0.1) is 0 Å². The number of nitrogens with zero attached hydrogens (tertiary/aromatic N) is 1. The summed E-state index contributed by atoms with van der Waals surface area (Å²) >= 11 is 0. The summed E-state index contributed by atoms with van der Waals surface area (Å²) in [5.41, 5.74) is 3.84. The van der Waals surface area contributed by atoms with E-state index in [2.05, 4.69) is 11.4 Å². The van der Waals surface area contributed by atoms with Crippen LogP contribution in [0.15, 0.2) is 60.2 Å². The van der Waals surface area contributed by atoms with Gasteiger partial charge in [0, 0.05) is 19.7 Å². The average molecular weight is 369 g/mol. The summed E-state index contributed by atoms with van der Waals surface area (Å²) in [5, 5.41) is 11.2. The van der Waals surface area contributed by atoms with Crippen LogP contribution in [0.2, 0.25) is 0 Å². The van der Waals surface area contributed by atoms with Crippen molar-refractivity contribution >= 4 is 23.3 Å². The zero-order chi connectivity index (χ0) is 19.8. The summed E-state index contributed by atoms with van der Waals surface area (Å²) in [4.78, 5) is 37.7. The largest absolute Gasteiger partial charge is 0.357 e. The number of benzene rings is 1. The third kappa shape index (κ3) is 4.92. The Bertz CT molecular complexity index is 781. The molecule has 0 saturated carbocycles. The van der Waals surface area contributed by atoms with Gasteiger partial charge in [0.25, 0.3) is 17.7 Å². The molecule has 1 aromatic carbocycles. The first kappa shape index (κ1) is 20.1. The maximum atomic E-state index is 12.8. The summed E-state index contributed by atoms with van der Waals surface area (Å²) in [5.74, 6) is -2.17. The summed E-state index contributed by atoms with van der Waals surface area (Å²) in [7, 11) is 2.70. The van der Waals surface area contributed by atoms with Crippen LogP contribution in [0.5, 0.6) is 0 Å². The lowest BCUT2D eigenvalue weighted by Crippen LogP contribution is -2.55. The van der Waals surface area contributed by atoms with Gasteiger partial charge in [0.15, 0.2) is 6.04 Å². The monoisotopic (exact) mass is 369 g/mol. The lowest BCUT2D eigenvalue weighted by molar-refractivity contribution is -0.147. The van der Waals surface area contributed by atoms with Crippen LogP contribution in [0.3, 0.4) is 0 Å². The fourth-order valence-electron chi connectivity index (χ4n) is 2.79. The van der Waals surface area contributed by atoms with Crippen LogP contribution in [0.4, 0.5) is 0 Å². The molecule has 1 atom stereocenters. The van der Waals surface area contributed by atoms with Crippen molar-refractivity contribution in [3.8, 4) is 0 Å². The molecule has 2 rings (SSSR count). The number of rotatable bonds is 5. The molecular formula is C20H23N3O4. The zero-order valence-electron chi connectivity index (χ0n) is 15.3. The van der Waals surface area contributed by atoms with Crippen molar-refractivity contribution in [2.45, 2.75) is 18.9 Å². The van der Waals surface area contributed by atoms with Crippen LogP contribution in [-0.4, -0.2) is 48.0 Å². The Morgan fingerprint density at radius 2 is 1.70 bits per heavy atom. The van der Waals surface area contributed by atoms with Crippen molar-refractivity contribution < 1.29 is 19.6 Å². The molecule has 0 spiro atoms. The van der Waals surface area contributed by atoms with E-state index in [9.17, 15) is 14.4 Å². The number of nitrogens with one attached hydrogen (secondary N) is 2.